The largest absolute Gasteiger partial charge is 0.463 e. The molecule has 0 saturated heterocycles. The smallest absolute Gasteiger partial charge is 0.313 e. The van der Waals surface area contributed by atoms with Gasteiger partial charge in [-0.1, -0.05) is 20.8 Å². The maximum atomic E-state index is 12.7. The van der Waals surface area contributed by atoms with Crippen LogP contribution in [0, 0.1) is 22.2 Å². The summed E-state index contributed by atoms with van der Waals surface area (Å²) in [6.45, 7) is 64.4. The van der Waals surface area contributed by atoms with Crippen LogP contribution in [0.1, 0.15) is 221 Å². The Balaban J connectivity index is -0.000000474. The van der Waals surface area contributed by atoms with E-state index in [1.54, 1.807) is 55.4 Å². The first-order chi connectivity index (χ1) is 35.6. The Morgan fingerprint density at radius 1 is 0.295 bits per heavy atom. The molecule has 0 unspecified atom stereocenters. The minimum absolute atomic E-state index is 0.0706. The molecule has 0 fully saturated rings. The molecular formula is C62H126O16. The van der Waals surface area contributed by atoms with Crippen molar-refractivity contribution in [1.29, 1.82) is 0 Å². The lowest BCUT2D eigenvalue weighted by atomic mass is 9.71. The van der Waals surface area contributed by atoms with E-state index in [0.717, 1.165) is 0 Å². The van der Waals surface area contributed by atoms with Crippen LogP contribution >= 0.6 is 0 Å². The molecule has 0 aliphatic carbocycles. The van der Waals surface area contributed by atoms with Gasteiger partial charge in [-0.3, -0.25) is 14.4 Å². The lowest BCUT2D eigenvalue weighted by Gasteiger charge is -2.35. The number of hydrogen-bond donors (Lipinski definition) is 0. The van der Waals surface area contributed by atoms with E-state index in [4.69, 9.17) is 61.6 Å². The molecule has 0 aromatic heterocycles. The molecule has 0 aliphatic heterocycles. The lowest BCUT2D eigenvalue weighted by molar-refractivity contribution is -0.176. The number of hydrogen-bond acceptors (Lipinski definition) is 16. The molecule has 78 heavy (non-hydrogen) atoms. The molecule has 0 N–H and O–H groups in total. The van der Waals surface area contributed by atoms with E-state index in [-0.39, 0.29) is 115 Å². The summed E-state index contributed by atoms with van der Waals surface area (Å²) in [5, 5.41) is 0. The predicted octanol–water partition coefficient (Wildman–Crippen LogP) is 13.2. The van der Waals surface area contributed by atoms with Crippen LogP contribution in [0.5, 0.6) is 0 Å². The fourth-order valence-electron chi connectivity index (χ4n) is 6.52. The summed E-state index contributed by atoms with van der Waals surface area (Å²) in [5.74, 6) is -1.94. The molecule has 0 spiro atoms. The summed E-state index contributed by atoms with van der Waals surface area (Å²) in [7, 11) is 0. The Morgan fingerprint density at radius 3 is 0.731 bits per heavy atom. The maximum absolute atomic E-state index is 12.7. The quantitative estimate of drug-likeness (QED) is 0.0422. The topological polar surface area (TPSA) is 171 Å². The third-order valence-electron chi connectivity index (χ3n) is 10.7. The van der Waals surface area contributed by atoms with Crippen LogP contribution in [0.2, 0.25) is 0 Å². The highest BCUT2D eigenvalue weighted by Gasteiger charge is 2.48. The monoisotopic (exact) mass is 1130 g/mol. The highest BCUT2D eigenvalue weighted by atomic mass is 16.6. The molecule has 16 heteroatoms. The van der Waals surface area contributed by atoms with Gasteiger partial charge in [0.1, 0.15) is 5.60 Å². The van der Waals surface area contributed by atoms with Crippen molar-refractivity contribution < 1.29 is 76.0 Å². The molecule has 0 radical (unpaired) electrons. The number of rotatable bonds is 38. The van der Waals surface area contributed by atoms with Gasteiger partial charge in [-0.15, -0.1) is 0 Å². The molecule has 0 aliphatic rings. The van der Waals surface area contributed by atoms with Gasteiger partial charge >= 0.3 is 17.9 Å². The summed E-state index contributed by atoms with van der Waals surface area (Å²) in [6.07, 6.45) is 0.677. The van der Waals surface area contributed by atoms with Crippen LogP contribution in [0.25, 0.3) is 0 Å². The zero-order valence-electron chi connectivity index (χ0n) is 55.9. The first-order valence-corrected chi connectivity index (χ1v) is 29.4. The van der Waals surface area contributed by atoms with Gasteiger partial charge in [0, 0.05) is 5.41 Å². The molecule has 16 nitrogen and oxygen atoms in total. The Labute approximate surface area is 479 Å². The first kappa shape index (κ1) is 82.5. The highest BCUT2D eigenvalue weighted by molar-refractivity contribution is 5.88. The normalized spacial score (nSPS) is 12.8. The van der Waals surface area contributed by atoms with Crippen molar-refractivity contribution in [1.82, 2.24) is 0 Å². The van der Waals surface area contributed by atoms with Crippen molar-refractivity contribution in [3.63, 3.8) is 0 Å². The molecule has 0 amide bonds. The Morgan fingerprint density at radius 2 is 0.526 bits per heavy atom. The van der Waals surface area contributed by atoms with Crippen LogP contribution in [0.3, 0.4) is 0 Å². The van der Waals surface area contributed by atoms with Crippen LogP contribution in [0.4, 0.5) is 0 Å². The fourth-order valence-corrected chi connectivity index (χ4v) is 6.52. The van der Waals surface area contributed by atoms with E-state index >= 15 is 0 Å². The number of esters is 3. The third kappa shape index (κ3) is 47.6. The van der Waals surface area contributed by atoms with Crippen LogP contribution in [-0.2, 0) is 76.0 Å². The van der Waals surface area contributed by atoms with Gasteiger partial charge in [0.25, 0.3) is 0 Å². The van der Waals surface area contributed by atoms with Gasteiger partial charge in [0.15, 0.2) is 0 Å². The van der Waals surface area contributed by atoms with Crippen molar-refractivity contribution in [3.05, 3.63) is 0 Å². The number of carbonyl (C=O) groups excluding carboxylic acids is 3. The molecule has 0 rings (SSSR count). The number of ether oxygens (including phenoxy) is 13. The summed E-state index contributed by atoms with van der Waals surface area (Å²) >= 11 is 0. The van der Waals surface area contributed by atoms with Crippen LogP contribution < -0.4 is 0 Å². The summed E-state index contributed by atoms with van der Waals surface area (Å²) < 4.78 is 73.4. The summed E-state index contributed by atoms with van der Waals surface area (Å²) in [6, 6.07) is 0. The van der Waals surface area contributed by atoms with Crippen molar-refractivity contribution in [2.24, 2.45) is 22.2 Å². The lowest BCUT2D eigenvalue weighted by Crippen LogP contribution is -2.44. The fraction of sp³-hybridized carbons (Fsp3) is 0.952. The zero-order valence-corrected chi connectivity index (χ0v) is 55.9. The third-order valence-corrected chi connectivity index (χ3v) is 10.7. The van der Waals surface area contributed by atoms with Gasteiger partial charge in [-0.25, -0.2) is 0 Å². The average Bonchev–Trinajstić information content (AvgIpc) is 3.27. The van der Waals surface area contributed by atoms with E-state index < -0.39 is 23.3 Å². The van der Waals surface area contributed by atoms with Gasteiger partial charge in [0.2, 0.25) is 0 Å². The molecule has 0 aromatic rings. The van der Waals surface area contributed by atoms with E-state index in [0.29, 0.717) is 59.5 Å². The van der Waals surface area contributed by atoms with Crippen molar-refractivity contribution >= 4 is 17.9 Å². The maximum Gasteiger partial charge on any atom is 0.313 e. The summed E-state index contributed by atoms with van der Waals surface area (Å²) in [5.41, 5.74) is -1.99. The van der Waals surface area contributed by atoms with Gasteiger partial charge in [0.05, 0.1) is 162 Å². The van der Waals surface area contributed by atoms with Gasteiger partial charge < -0.3 is 61.6 Å². The van der Waals surface area contributed by atoms with Crippen molar-refractivity contribution in [3.8, 4) is 0 Å². The molecule has 0 atom stereocenters. The zero-order chi connectivity index (χ0) is 61.8. The van der Waals surface area contributed by atoms with E-state index in [9.17, 15) is 14.4 Å². The van der Waals surface area contributed by atoms with Crippen LogP contribution in [-0.4, -0.2) is 162 Å². The summed E-state index contributed by atoms with van der Waals surface area (Å²) in [4.78, 5) is 37.1. The molecule has 0 heterocycles. The van der Waals surface area contributed by atoms with E-state index in [2.05, 4.69) is 6.92 Å². The second-order valence-electron chi connectivity index (χ2n) is 25.4. The Hall–Kier alpha value is -1.99. The minimum atomic E-state index is -1.30. The standard InChI is InChI=1S/C18H32O6.C17H36O4.C14H30O3.C13H28O3/c1-11(2)18(17(21)24-14(7)8,9-15(19)22-12(3)4)10-16(20)23-13(5)6;1-13(2)18-9-17(10-19-14(3)4,11-20-15(5)6)12-21-16(7)8;1-11(2)15-8-14(7,9-16-12(3)4)10-17-13(5)6;1-10(2)14-8-13(7,16-12(5)6)9-15-11(3)4/h11-14H,9-10H2,1-8H3;13-16H,9-12H2,1-8H3;11-13H,8-10H2,1-7H3;10-12H,8-9H2,1-7H3. The van der Waals surface area contributed by atoms with Crippen molar-refractivity contribution in [2.75, 3.05) is 59.5 Å². The van der Waals surface area contributed by atoms with Crippen molar-refractivity contribution in [2.45, 2.75) is 306 Å². The predicted molar refractivity (Wildman–Crippen MR) is 315 cm³/mol. The van der Waals surface area contributed by atoms with Gasteiger partial charge in [-0.05, 0) is 193 Å². The highest BCUT2D eigenvalue weighted by Crippen LogP contribution is 2.39. The Bertz CT molecular complexity index is 1350. The molecular weight excluding hydrogens is 1000 g/mol. The molecule has 470 valence electrons. The second kappa shape index (κ2) is 43.7. The molecule has 0 bridgehead atoms. The van der Waals surface area contributed by atoms with E-state index in [1.165, 1.54) is 0 Å². The number of carbonyl (C=O) groups is 3. The molecule has 0 saturated carbocycles. The molecule has 0 aromatic carbocycles. The average molecular weight is 1130 g/mol. The Kier molecular flexibility index (Phi) is 46.2. The SMILES string of the molecule is CC(C)OC(=O)CC(CC(=O)OC(C)C)(C(=O)OC(C)C)C(C)C.CC(C)OCC(C)(COC(C)C)COC(C)C.CC(C)OCC(C)(COC(C)C)OC(C)C.CC(C)OCC(COC(C)C)(COC(C)C)COC(C)C. The van der Waals surface area contributed by atoms with Gasteiger partial charge in [-0.2, -0.15) is 0 Å². The second-order valence-corrected chi connectivity index (χ2v) is 25.4. The first-order valence-electron chi connectivity index (χ1n) is 29.4. The van der Waals surface area contributed by atoms with Crippen LogP contribution in [0.15, 0.2) is 0 Å². The van der Waals surface area contributed by atoms with E-state index in [1.807, 2.05) is 145 Å². The minimum Gasteiger partial charge on any atom is -0.463 e.